The fourth-order valence-corrected chi connectivity index (χ4v) is 1.67. The monoisotopic (exact) mass is 235 g/mol. The fourth-order valence-electron chi connectivity index (χ4n) is 1.67. The van der Waals surface area contributed by atoms with Crippen molar-refractivity contribution in [1.82, 2.24) is 0 Å². The van der Waals surface area contributed by atoms with E-state index in [9.17, 15) is 4.79 Å². The van der Waals surface area contributed by atoms with Crippen LogP contribution in [-0.4, -0.2) is 12.4 Å². The lowest BCUT2D eigenvalue weighted by Gasteiger charge is -2.08. The number of hydrogen-bond acceptors (Lipinski definition) is 3. The molecule has 0 aliphatic carbocycles. The van der Waals surface area contributed by atoms with E-state index in [4.69, 9.17) is 10.5 Å². The van der Waals surface area contributed by atoms with Crippen LogP contribution in [0.15, 0.2) is 18.2 Å². The summed E-state index contributed by atoms with van der Waals surface area (Å²) in [5.74, 6) is 0.723. The van der Waals surface area contributed by atoms with E-state index in [-0.39, 0.29) is 5.78 Å². The largest absolute Gasteiger partial charge is 0.494 e. The molecule has 0 aromatic heterocycles. The smallest absolute Gasteiger partial charge is 0.161 e. The van der Waals surface area contributed by atoms with E-state index in [1.165, 1.54) is 26.2 Å². The summed E-state index contributed by atoms with van der Waals surface area (Å²) in [7, 11) is 0. The van der Waals surface area contributed by atoms with Crippen LogP contribution >= 0.6 is 0 Å². The Bertz CT molecular complexity index is 374. The first-order chi connectivity index (χ1) is 8.15. The molecule has 0 aliphatic rings. The molecule has 0 saturated heterocycles. The van der Waals surface area contributed by atoms with Crippen LogP contribution in [0.1, 0.15) is 49.9 Å². The van der Waals surface area contributed by atoms with E-state index in [1.807, 2.05) is 0 Å². The third-order valence-electron chi connectivity index (χ3n) is 2.67. The van der Waals surface area contributed by atoms with Gasteiger partial charge in [-0.1, -0.05) is 26.2 Å². The number of nitrogen functional groups attached to an aromatic ring is 1. The van der Waals surface area contributed by atoms with Crippen LogP contribution in [0, 0.1) is 0 Å². The number of carbonyl (C=O) groups is 1. The summed E-state index contributed by atoms with van der Waals surface area (Å²) in [5.41, 5.74) is 6.82. The lowest BCUT2D eigenvalue weighted by atomic mass is 10.1. The second kappa shape index (κ2) is 6.94. The molecular weight excluding hydrogens is 214 g/mol. The lowest BCUT2D eigenvalue weighted by Crippen LogP contribution is -2.02. The standard InChI is InChI=1S/C14H21NO2/c1-3-4-5-6-9-17-12-7-8-13(11(2)16)14(15)10-12/h7-8,10H,3-6,9,15H2,1-2H3. The van der Waals surface area contributed by atoms with Crippen LogP contribution in [0.25, 0.3) is 0 Å². The number of anilines is 1. The van der Waals surface area contributed by atoms with Crippen LogP contribution in [0.5, 0.6) is 5.75 Å². The molecule has 0 spiro atoms. The van der Waals surface area contributed by atoms with Gasteiger partial charge in [-0.2, -0.15) is 0 Å². The fraction of sp³-hybridized carbons (Fsp3) is 0.500. The van der Waals surface area contributed by atoms with Crippen molar-refractivity contribution < 1.29 is 9.53 Å². The average molecular weight is 235 g/mol. The topological polar surface area (TPSA) is 52.3 Å². The van der Waals surface area contributed by atoms with Crippen LogP contribution < -0.4 is 10.5 Å². The summed E-state index contributed by atoms with van der Waals surface area (Å²) in [6.45, 7) is 4.40. The van der Waals surface area contributed by atoms with Crippen molar-refractivity contribution in [2.45, 2.75) is 39.5 Å². The molecule has 0 fully saturated rings. The van der Waals surface area contributed by atoms with E-state index in [0.29, 0.717) is 17.9 Å². The predicted octanol–water partition coefficient (Wildman–Crippen LogP) is 3.43. The number of rotatable bonds is 7. The molecule has 1 aromatic carbocycles. The summed E-state index contributed by atoms with van der Waals surface area (Å²) in [5, 5.41) is 0. The highest BCUT2D eigenvalue weighted by Crippen LogP contribution is 2.20. The molecule has 0 radical (unpaired) electrons. The Kier molecular flexibility index (Phi) is 5.53. The van der Waals surface area contributed by atoms with Crippen molar-refractivity contribution in [2.24, 2.45) is 0 Å². The molecule has 1 aromatic rings. The van der Waals surface area contributed by atoms with Gasteiger partial charge in [0.05, 0.1) is 6.61 Å². The summed E-state index contributed by atoms with van der Waals surface area (Å²) >= 11 is 0. The van der Waals surface area contributed by atoms with Gasteiger partial charge < -0.3 is 10.5 Å². The van der Waals surface area contributed by atoms with Gasteiger partial charge in [0.2, 0.25) is 0 Å². The van der Waals surface area contributed by atoms with Gasteiger partial charge in [-0.25, -0.2) is 0 Å². The minimum atomic E-state index is -0.0167. The first-order valence-corrected chi connectivity index (χ1v) is 6.18. The van der Waals surface area contributed by atoms with E-state index in [1.54, 1.807) is 18.2 Å². The maximum atomic E-state index is 11.2. The second-order valence-corrected chi connectivity index (χ2v) is 4.21. The Morgan fingerprint density at radius 3 is 2.65 bits per heavy atom. The third kappa shape index (κ3) is 4.47. The van der Waals surface area contributed by atoms with Crippen molar-refractivity contribution in [2.75, 3.05) is 12.3 Å². The molecule has 0 heterocycles. The molecule has 17 heavy (non-hydrogen) atoms. The van der Waals surface area contributed by atoms with E-state index in [0.717, 1.165) is 12.2 Å². The average Bonchev–Trinajstić information content (AvgIpc) is 2.28. The predicted molar refractivity (Wildman–Crippen MR) is 70.5 cm³/mol. The summed E-state index contributed by atoms with van der Waals surface area (Å²) in [4.78, 5) is 11.2. The molecule has 2 N–H and O–H groups in total. The first-order valence-electron chi connectivity index (χ1n) is 6.18. The summed E-state index contributed by atoms with van der Waals surface area (Å²) in [6.07, 6.45) is 4.72. The van der Waals surface area contributed by atoms with Gasteiger partial charge in [-0.3, -0.25) is 4.79 Å². The van der Waals surface area contributed by atoms with Crippen molar-refractivity contribution in [3.63, 3.8) is 0 Å². The molecule has 1 rings (SSSR count). The molecular formula is C14H21NO2. The number of Topliss-reactive ketones (excluding diaryl/α,β-unsaturated/α-hetero) is 1. The van der Waals surface area contributed by atoms with Gasteiger partial charge in [-0.05, 0) is 25.5 Å². The van der Waals surface area contributed by atoms with Crippen LogP contribution in [0.3, 0.4) is 0 Å². The third-order valence-corrected chi connectivity index (χ3v) is 2.67. The zero-order valence-electron chi connectivity index (χ0n) is 10.7. The zero-order chi connectivity index (χ0) is 12.7. The molecule has 94 valence electrons. The van der Waals surface area contributed by atoms with E-state index >= 15 is 0 Å². The zero-order valence-corrected chi connectivity index (χ0v) is 10.7. The minimum absolute atomic E-state index is 0.0167. The lowest BCUT2D eigenvalue weighted by molar-refractivity contribution is 0.101. The highest BCUT2D eigenvalue weighted by molar-refractivity contribution is 5.99. The minimum Gasteiger partial charge on any atom is -0.494 e. The van der Waals surface area contributed by atoms with Crippen LogP contribution in [0.2, 0.25) is 0 Å². The van der Waals surface area contributed by atoms with Crippen molar-refractivity contribution in [3.05, 3.63) is 23.8 Å². The van der Waals surface area contributed by atoms with Gasteiger partial charge in [0.15, 0.2) is 5.78 Å². The highest BCUT2D eigenvalue weighted by atomic mass is 16.5. The Labute approximate surface area is 103 Å². The quantitative estimate of drug-likeness (QED) is 0.447. The maximum Gasteiger partial charge on any atom is 0.161 e. The van der Waals surface area contributed by atoms with Gasteiger partial charge in [0, 0.05) is 17.3 Å². The summed E-state index contributed by atoms with van der Waals surface area (Å²) in [6, 6.07) is 5.24. The number of benzene rings is 1. The Balaban J connectivity index is 2.45. The SMILES string of the molecule is CCCCCCOc1ccc(C(C)=O)c(N)c1. The van der Waals surface area contributed by atoms with Gasteiger partial charge in [0.1, 0.15) is 5.75 Å². The van der Waals surface area contributed by atoms with Crippen molar-refractivity contribution >= 4 is 11.5 Å². The van der Waals surface area contributed by atoms with Crippen LogP contribution in [-0.2, 0) is 0 Å². The number of ether oxygens (including phenoxy) is 1. The number of carbonyl (C=O) groups excluding carboxylic acids is 1. The normalized spacial score (nSPS) is 10.2. The number of nitrogens with two attached hydrogens (primary N) is 1. The van der Waals surface area contributed by atoms with E-state index in [2.05, 4.69) is 6.92 Å². The number of ketones is 1. The maximum absolute atomic E-state index is 11.2. The van der Waals surface area contributed by atoms with Gasteiger partial charge >= 0.3 is 0 Å². The number of unbranched alkanes of at least 4 members (excludes halogenated alkanes) is 3. The Hall–Kier alpha value is -1.51. The molecule has 0 bridgehead atoms. The van der Waals surface area contributed by atoms with Crippen LogP contribution in [0.4, 0.5) is 5.69 Å². The summed E-state index contributed by atoms with van der Waals surface area (Å²) < 4.78 is 5.58. The Morgan fingerprint density at radius 2 is 2.06 bits per heavy atom. The van der Waals surface area contributed by atoms with E-state index < -0.39 is 0 Å². The highest BCUT2D eigenvalue weighted by Gasteiger charge is 2.05. The molecule has 0 unspecified atom stereocenters. The molecule has 0 amide bonds. The molecule has 0 atom stereocenters. The second-order valence-electron chi connectivity index (χ2n) is 4.21. The molecule has 3 nitrogen and oxygen atoms in total. The molecule has 0 aliphatic heterocycles. The van der Waals surface area contributed by atoms with Gasteiger partial charge in [-0.15, -0.1) is 0 Å². The first kappa shape index (κ1) is 13.6. The van der Waals surface area contributed by atoms with Crippen molar-refractivity contribution in [3.8, 4) is 5.75 Å². The van der Waals surface area contributed by atoms with Crippen molar-refractivity contribution in [1.29, 1.82) is 0 Å². The molecule has 0 saturated carbocycles. The number of hydrogen-bond donors (Lipinski definition) is 1. The Morgan fingerprint density at radius 1 is 1.29 bits per heavy atom. The van der Waals surface area contributed by atoms with Gasteiger partial charge in [0.25, 0.3) is 0 Å². The molecule has 3 heteroatoms.